The molecular weight excluding hydrogens is 414 g/mol. The van der Waals surface area contributed by atoms with Crippen molar-refractivity contribution in [3.8, 4) is 0 Å². The van der Waals surface area contributed by atoms with Gasteiger partial charge in [-0.3, -0.25) is 0 Å². The fourth-order valence-electron chi connectivity index (χ4n) is 4.13. The van der Waals surface area contributed by atoms with Gasteiger partial charge in [-0.1, -0.05) is 30.3 Å². The summed E-state index contributed by atoms with van der Waals surface area (Å²) in [5.74, 6) is 0.840. The molecule has 5 rings (SSSR count). The molecule has 8 nitrogen and oxygen atoms in total. The second-order valence-corrected chi connectivity index (χ2v) is 9.71. The molecule has 0 aliphatic carbocycles. The zero-order valence-corrected chi connectivity index (χ0v) is 18.0. The summed E-state index contributed by atoms with van der Waals surface area (Å²) in [4.78, 5) is 4.69. The van der Waals surface area contributed by atoms with Gasteiger partial charge in [0.2, 0.25) is 10.0 Å². The quantitative estimate of drug-likeness (QED) is 0.615. The zero-order chi connectivity index (χ0) is 21.3. The van der Waals surface area contributed by atoms with Crippen molar-refractivity contribution in [2.24, 2.45) is 0 Å². The number of hydrogen-bond acceptors (Lipinski definition) is 7. The van der Waals surface area contributed by atoms with Crippen LogP contribution in [-0.4, -0.2) is 75.4 Å². The number of rotatable bonds is 4. The van der Waals surface area contributed by atoms with Gasteiger partial charge in [0.1, 0.15) is 0 Å². The van der Waals surface area contributed by atoms with Gasteiger partial charge in [0.05, 0.1) is 30.0 Å². The van der Waals surface area contributed by atoms with Crippen LogP contribution >= 0.6 is 0 Å². The highest BCUT2D eigenvalue weighted by Crippen LogP contribution is 2.25. The predicted molar refractivity (Wildman–Crippen MR) is 120 cm³/mol. The van der Waals surface area contributed by atoms with Gasteiger partial charge in [-0.05, 0) is 22.9 Å². The van der Waals surface area contributed by atoms with Crippen molar-refractivity contribution < 1.29 is 13.2 Å². The largest absolute Gasteiger partial charge is 0.378 e. The first-order valence-electron chi connectivity index (χ1n) is 10.5. The van der Waals surface area contributed by atoms with E-state index < -0.39 is 10.0 Å². The standard InChI is InChI=1S/C22H25N5O3S/c28-31(29,21-6-5-18-3-1-2-4-19(18)15-21)27-9-7-25(8-10-27)20-16-22(24-23-17-20)26-11-13-30-14-12-26/h1-6,15-17H,7-14H2. The van der Waals surface area contributed by atoms with Crippen molar-refractivity contribution in [1.82, 2.24) is 14.5 Å². The van der Waals surface area contributed by atoms with E-state index in [1.807, 2.05) is 36.4 Å². The molecule has 0 atom stereocenters. The van der Waals surface area contributed by atoms with E-state index in [4.69, 9.17) is 4.74 Å². The van der Waals surface area contributed by atoms with Crippen LogP contribution in [0.15, 0.2) is 59.6 Å². The van der Waals surface area contributed by atoms with Gasteiger partial charge in [-0.25, -0.2) is 8.42 Å². The lowest BCUT2D eigenvalue weighted by molar-refractivity contribution is 0.122. The molecule has 1 aromatic heterocycles. The van der Waals surface area contributed by atoms with E-state index in [0.29, 0.717) is 44.3 Å². The zero-order valence-electron chi connectivity index (χ0n) is 17.2. The summed E-state index contributed by atoms with van der Waals surface area (Å²) >= 11 is 0. The van der Waals surface area contributed by atoms with Crippen LogP contribution in [0.2, 0.25) is 0 Å². The molecule has 0 N–H and O–H groups in total. The van der Waals surface area contributed by atoms with E-state index in [9.17, 15) is 8.42 Å². The second kappa shape index (κ2) is 8.41. The van der Waals surface area contributed by atoms with Crippen molar-refractivity contribution in [2.45, 2.75) is 4.90 Å². The van der Waals surface area contributed by atoms with Crippen LogP contribution in [-0.2, 0) is 14.8 Å². The second-order valence-electron chi connectivity index (χ2n) is 7.77. The molecule has 2 aliphatic rings. The highest BCUT2D eigenvalue weighted by molar-refractivity contribution is 7.89. The number of sulfonamides is 1. The Morgan fingerprint density at radius 1 is 0.806 bits per heavy atom. The molecule has 2 fully saturated rings. The van der Waals surface area contributed by atoms with Crippen LogP contribution < -0.4 is 9.80 Å². The molecule has 3 heterocycles. The molecule has 0 amide bonds. The number of aromatic nitrogens is 2. The molecule has 0 unspecified atom stereocenters. The number of hydrogen-bond donors (Lipinski definition) is 0. The van der Waals surface area contributed by atoms with E-state index in [0.717, 1.165) is 35.4 Å². The summed E-state index contributed by atoms with van der Waals surface area (Å²) in [6.45, 7) is 5.08. The first kappa shape index (κ1) is 20.2. The van der Waals surface area contributed by atoms with Crippen molar-refractivity contribution in [3.05, 3.63) is 54.7 Å². The van der Waals surface area contributed by atoms with Crippen molar-refractivity contribution in [1.29, 1.82) is 0 Å². The Balaban J connectivity index is 1.29. The minimum Gasteiger partial charge on any atom is -0.378 e. The molecule has 3 aromatic rings. The fraction of sp³-hybridized carbons (Fsp3) is 0.364. The average Bonchev–Trinajstić information content (AvgIpc) is 2.84. The average molecular weight is 440 g/mol. The van der Waals surface area contributed by atoms with Crippen molar-refractivity contribution >= 4 is 32.3 Å². The number of nitrogens with zero attached hydrogens (tertiary/aromatic N) is 5. The summed E-state index contributed by atoms with van der Waals surface area (Å²) in [6, 6.07) is 15.2. The summed E-state index contributed by atoms with van der Waals surface area (Å²) in [5.41, 5.74) is 0.972. The summed E-state index contributed by atoms with van der Waals surface area (Å²) in [7, 11) is -3.53. The van der Waals surface area contributed by atoms with Gasteiger partial charge in [0, 0.05) is 45.3 Å². The smallest absolute Gasteiger partial charge is 0.243 e. The maximum atomic E-state index is 13.2. The van der Waals surface area contributed by atoms with Gasteiger partial charge in [0.15, 0.2) is 5.82 Å². The topological polar surface area (TPSA) is 78.9 Å². The van der Waals surface area contributed by atoms with Crippen LogP contribution in [0.25, 0.3) is 10.8 Å². The Labute approximate surface area is 182 Å². The maximum Gasteiger partial charge on any atom is 0.243 e. The first-order valence-corrected chi connectivity index (χ1v) is 11.9. The third-order valence-corrected chi connectivity index (χ3v) is 7.82. The third-order valence-electron chi connectivity index (χ3n) is 5.92. The first-order chi connectivity index (χ1) is 15.1. The number of morpholine rings is 1. The number of piperazine rings is 1. The Hall–Kier alpha value is -2.75. The number of benzene rings is 2. The molecular formula is C22H25N5O3S. The van der Waals surface area contributed by atoms with Gasteiger partial charge >= 0.3 is 0 Å². The molecule has 9 heteroatoms. The molecule has 0 spiro atoms. The highest BCUT2D eigenvalue weighted by Gasteiger charge is 2.29. The number of fused-ring (bicyclic) bond motifs is 1. The fourth-order valence-corrected chi connectivity index (χ4v) is 5.59. The minimum absolute atomic E-state index is 0.347. The summed E-state index contributed by atoms with van der Waals surface area (Å²) < 4.78 is 33.4. The van der Waals surface area contributed by atoms with Crippen molar-refractivity contribution in [3.63, 3.8) is 0 Å². The molecule has 2 aromatic carbocycles. The lowest BCUT2D eigenvalue weighted by atomic mass is 10.1. The van der Waals surface area contributed by atoms with E-state index >= 15 is 0 Å². The molecule has 2 aliphatic heterocycles. The van der Waals surface area contributed by atoms with Crippen molar-refractivity contribution in [2.75, 3.05) is 62.3 Å². The predicted octanol–water partition coefficient (Wildman–Crippen LogP) is 1.98. The van der Waals surface area contributed by atoms with Crippen LogP contribution in [0.5, 0.6) is 0 Å². The summed E-state index contributed by atoms with van der Waals surface area (Å²) in [5, 5.41) is 10.4. The minimum atomic E-state index is -3.53. The van der Waals surface area contributed by atoms with Crippen LogP contribution in [0.4, 0.5) is 11.5 Å². The molecule has 0 bridgehead atoms. The Kier molecular flexibility index (Phi) is 5.47. The highest BCUT2D eigenvalue weighted by atomic mass is 32.2. The van der Waals surface area contributed by atoms with E-state index in [2.05, 4.69) is 20.0 Å². The Bertz CT molecular complexity index is 1170. The molecule has 0 radical (unpaired) electrons. The normalized spacial score (nSPS) is 18.5. The van der Waals surface area contributed by atoms with E-state index in [1.165, 1.54) is 0 Å². The SMILES string of the molecule is O=S(=O)(c1ccc2ccccc2c1)N1CCN(c2cnnc(N3CCOCC3)c2)CC1. The molecule has 0 saturated carbocycles. The van der Waals surface area contributed by atoms with Crippen LogP contribution in [0, 0.1) is 0 Å². The van der Waals surface area contributed by atoms with Gasteiger partial charge < -0.3 is 14.5 Å². The Morgan fingerprint density at radius 3 is 2.32 bits per heavy atom. The number of anilines is 2. The van der Waals surface area contributed by atoms with E-state index in [-0.39, 0.29) is 0 Å². The van der Waals surface area contributed by atoms with Gasteiger partial charge in [-0.15, -0.1) is 5.10 Å². The van der Waals surface area contributed by atoms with E-state index in [1.54, 1.807) is 22.6 Å². The molecule has 162 valence electrons. The van der Waals surface area contributed by atoms with Gasteiger partial charge in [-0.2, -0.15) is 9.40 Å². The lowest BCUT2D eigenvalue weighted by Gasteiger charge is -2.35. The monoisotopic (exact) mass is 439 g/mol. The van der Waals surface area contributed by atoms with Gasteiger partial charge in [0.25, 0.3) is 0 Å². The Morgan fingerprint density at radius 2 is 1.55 bits per heavy atom. The van der Waals surface area contributed by atoms with Crippen LogP contribution in [0.1, 0.15) is 0 Å². The third kappa shape index (κ3) is 4.08. The summed E-state index contributed by atoms with van der Waals surface area (Å²) in [6.07, 6.45) is 1.75. The molecule has 31 heavy (non-hydrogen) atoms. The van der Waals surface area contributed by atoms with Crippen LogP contribution in [0.3, 0.4) is 0 Å². The molecule has 2 saturated heterocycles. The number of ether oxygens (including phenoxy) is 1. The maximum absolute atomic E-state index is 13.2. The lowest BCUT2D eigenvalue weighted by Crippen LogP contribution is -2.48.